The molecule has 0 aliphatic carbocycles. The number of carbonyl (C=O) groups excluding carboxylic acids is 2. The van der Waals surface area contributed by atoms with Gasteiger partial charge in [-0.1, -0.05) is 0 Å². The van der Waals surface area contributed by atoms with Crippen molar-refractivity contribution in [1.29, 1.82) is 0 Å². The second-order valence-electron chi connectivity index (χ2n) is 7.69. The van der Waals surface area contributed by atoms with Crippen LogP contribution in [0, 0.1) is 12.3 Å². The van der Waals surface area contributed by atoms with Crippen molar-refractivity contribution >= 4 is 23.3 Å². The Morgan fingerprint density at radius 2 is 1.76 bits per heavy atom. The summed E-state index contributed by atoms with van der Waals surface area (Å²) in [5.74, 6) is 2.48. The zero-order chi connectivity index (χ0) is 20.7. The van der Waals surface area contributed by atoms with E-state index in [1.165, 1.54) is 0 Å². The molecule has 1 fully saturated rings. The molecule has 2 aliphatic heterocycles. The summed E-state index contributed by atoms with van der Waals surface area (Å²) in [6, 6.07) is 7.07. The molecule has 3 amide bonds. The number of urea groups is 1. The summed E-state index contributed by atoms with van der Waals surface area (Å²) in [5.41, 5.74) is 0.911. The van der Waals surface area contributed by atoms with Gasteiger partial charge in [0.2, 0.25) is 5.91 Å². The molecule has 29 heavy (non-hydrogen) atoms. The minimum Gasteiger partial charge on any atom is -0.335 e. The van der Waals surface area contributed by atoms with Gasteiger partial charge in [-0.3, -0.25) is 4.79 Å². The van der Waals surface area contributed by atoms with Crippen LogP contribution < -0.4 is 16.0 Å². The van der Waals surface area contributed by atoms with Crippen LogP contribution >= 0.6 is 0 Å². The second kappa shape index (κ2) is 9.52. The highest BCUT2D eigenvalue weighted by Crippen LogP contribution is 2.37. The van der Waals surface area contributed by atoms with Crippen molar-refractivity contribution in [1.82, 2.24) is 10.2 Å². The molecule has 3 N–H and O–H groups in total. The number of amides is 3. The van der Waals surface area contributed by atoms with Crippen molar-refractivity contribution < 1.29 is 9.59 Å². The standard InChI is InChI=1S/C21H28N6O2/c1-3-4-12-21(25-26-21)13-9-19(28)22-16-5-7-17(8-6-16)23-20(29)24-18-10-14-27(2)15-11-18/h1,5-8,18H,4,9-15H2,2H3,(H,22,28)(H2,23,24,29). The van der Waals surface area contributed by atoms with Gasteiger partial charge in [-0.2, -0.15) is 10.2 Å². The van der Waals surface area contributed by atoms with E-state index in [2.05, 4.69) is 44.0 Å². The molecule has 1 aromatic rings. The van der Waals surface area contributed by atoms with Crippen LogP contribution in [0.4, 0.5) is 16.2 Å². The van der Waals surface area contributed by atoms with Gasteiger partial charge in [0.05, 0.1) is 0 Å². The summed E-state index contributed by atoms with van der Waals surface area (Å²) in [6.45, 7) is 1.99. The molecule has 0 unspecified atom stereocenters. The molecule has 3 rings (SSSR count). The van der Waals surface area contributed by atoms with Crippen LogP contribution in [-0.4, -0.2) is 48.7 Å². The number of terminal acetylenes is 1. The Hall–Kier alpha value is -2.92. The SMILES string of the molecule is C#CCCC1(CCC(=O)Nc2ccc(NC(=O)NC3CCN(C)CC3)cc2)N=N1. The summed E-state index contributed by atoms with van der Waals surface area (Å²) in [4.78, 5) is 26.6. The van der Waals surface area contributed by atoms with Crippen LogP contribution in [0.2, 0.25) is 0 Å². The summed E-state index contributed by atoms with van der Waals surface area (Å²) >= 11 is 0. The fourth-order valence-corrected chi connectivity index (χ4v) is 3.35. The summed E-state index contributed by atoms with van der Waals surface area (Å²) in [7, 11) is 2.09. The number of carbonyl (C=O) groups is 2. The second-order valence-corrected chi connectivity index (χ2v) is 7.69. The van der Waals surface area contributed by atoms with Gasteiger partial charge in [0.1, 0.15) is 0 Å². The van der Waals surface area contributed by atoms with Crippen molar-refractivity contribution in [2.75, 3.05) is 30.8 Å². The summed E-state index contributed by atoms with van der Waals surface area (Å²) < 4.78 is 0. The number of rotatable bonds is 8. The summed E-state index contributed by atoms with van der Waals surface area (Å²) in [6.07, 6.45) is 9.38. The van der Waals surface area contributed by atoms with Crippen LogP contribution in [0.3, 0.4) is 0 Å². The van der Waals surface area contributed by atoms with E-state index in [1.807, 2.05) is 0 Å². The first-order chi connectivity index (χ1) is 14.0. The topological polar surface area (TPSA) is 98.2 Å². The van der Waals surface area contributed by atoms with Gasteiger partial charge in [0.25, 0.3) is 0 Å². The predicted molar refractivity (Wildman–Crippen MR) is 113 cm³/mol. The maximum atomic E-state index is 12.1. The molecule has 0 saturated carbocycles. The number of nitrogens with one attached hydrogen (secondary N) is 3. The van der Waals surface area contributed by atoms with Gasteiger partial charge in [0.15, 0.2) is 5.66 Å². The molecule has 8 heteroatoms. The van der Waals surface area contributed by atoms with Crippen LogP contribution in [-0.2, 0) is 4.79 Å². The zero-order valence-corrected chi connectivity index (χ0v) is 16.8. The lowest BCUT2D eigenvalue weighted by molar-refractivity contribution is -0.116. The molecule has 0 spiro atoms. The number of hydrogen-bond acceptors (Lipinski definition) is 5. The minimum atomic E-state index is -0.446. The first kappa shape index (κ1) is 20.8. The highest BCUT2D eigenvalue weighted by molar-refractivity contribution is 5.92. The van der Waals surface area contributed by atoms with Crippen molar-refractivity contribution in [3.63, 3.8) is 0 Å². The average Bonchev–Trinajstić information content (AvgIpc) is 3.48. The molecule has 0 atom stereocenters. The Bertz CT molecular complexity index is 784. The molecule has 1 saturated heterocycles. The third-order valence-corrected chi connectivity index (χ3v) is 5.29. The molecule has 2 heterocycles. The molecule has 8 nitrogen and oxygen atoms in total. The van der Waals surface area contributed by atoms with Crippen LogP contribution in [0.25, 0.3) is 0 Å². The maximum Gasteiger partial charge on any atom is 0.319 e. The Kier molecular flexibility index (Phi) is 6.83. The lowest BCUT2D eigenvalue weighted by atomic mass is 10.0. The van der Waals surface area contributed by atoms with E-state index in [0.717, 1.165) is 25.9 Å². The molecular formula is C21H28N6O2. The fourth-order valence-electron chi connectivity index (χ4n) is 3.35. The van der Waals surface area contributed by atoms with Crippen LogP contribution in [0.15, 0.2) is 34.5 Å². The predicted octanol–water partition coefficient (Wildman–Crippen LogP) is 3.20. The fraction of sp³-hybridized carbons (Fsp3) is 0.524. The monoisotopic (exact) mass is 396 g/mol. The molecule has 0 bridgehead atoms. The lowest BCUT2D eigenvalue weighted by Crippen LogP contribution is -2.44. The average molecular weight is 396 g/mol. The molecule has 2 aliphatic rings. The van der Waals surface area contributed by atoms with Crippen molar-refractivity contribution in [3.8, 4) is 12.3 Å². The minimum absolute atomic E-state index is 0.0944. The number of hydrogen-bond donors (Lipinski definition) is 3. The van der Waals surface area contributed by atoms with E-state index in [-0.39, 0.29) is 18.0 Å². The van der Waals surface area contributed by atoms with Gasteiger partial charge >= 0.3 is 6.03 Å². The quantitative estimate of drug-likeness (QED) is 0.589. The van der Waals surface area contributed by atoms with Gasteiger partial charge < -0.3 is 20.9 Å². The number of piperidine rings is 1. The normalized spacial score (nSPS) is 17.9. The Balaban J connectivity index is 1.38. The Morgan fingerprint density at radius 1 is 1.14 bits per heavy atom. The Labute approximate surface area is 171 Å². The molecule has 0 aromatic heterocycles. The number of anilines is 2. The lowest BCUT2D eigenvalue weighted by Gasteiger charge is -2.29. The van der Waals surface area contributed by atoms with Gasteiger partial charge in [0, 0.05) is 43.1 Å². The third-order valence-electron chi connectivity index (χ3n) is 5.29. The van der Waals surface area contributed by atoms with E-state index in [0.29, 0.717) is 37.1 Å². The van der Waals surface area contributed by atoms with Crippen LogP contribution in [0.5, 0.6) is 0 Å². The molecule has 1 aromatic carbocycles. The molecule has 154 valence electrons. The van der Waals surface area contributed by atoms with E-state index in [9.17, 15) is 9.59 Å². The van der Waals surface area contributed by atoms with E-state index >= 15 is 0 Å². The van der Waals surface area contributed by atoms with Crippen molar-refractivity contribution in [3.05, 3.63) is 24.3 Å². The smallest absolute Gasteiger partial charge is 0.319 e. The van der Waals surface area contributed by atoms with Crippen molar-refractivity contribution in [2.45, 2.75) is 50.2 Å². The first-order valence-electron chi connectivity index (χ1n) is 10.0. The third kappa shape index (κ3) is 6.57. The van der Waals surface area contributed by atoms with Crippen molar-refractivity contribution in [2.24, 2.45) is 10.2 Å². The molecular weight excluding hydrogens is 368 g/mol. The zero-order valence-electron chi connectivity index (χ0n) is 16.8. The Morgan fingerprint density at radius 3 is 2.34 bits per heavy atom. The van der Waals surface area contributed by atoms with Gasteiger partial charge in [-0.05, 0) is 57.2 Å². The van der Waals surface area contributed by atoms with Gasteiger partial charge in [-0.15, -0.1) is 12.3 Å². The maximum absolute atomic E-state index is 12.1. The highest BCUT2D eigenvalue weighted by Gasteiger charge is 2.39. The highest BCUT2D eigenvalue weighted by atomic mass is 16.2. The molecule has 0 radical (unpaired) electrons. The number of benzene rings is 1. The number of likely N-dealkylation sites (tertiary alicyclic amines) is 1. The number of nitrogens with zero attached hydrogens (tertiary/aromatic N) is 3. The largest absolute Gasteiger partial charge is 0.335 e. The summed E-state index contributed by atoms with van der Waals surface area (Å²) in [5, 5.41) is 16.8. The van der Waals surface area contributed by atoms with Crippen LogP contribution in [0.1, 0.15) is 38.5 Å². The van der Waals surface area contributed by atoms with E-state index < -0.39 is 5.66 Å². The van der Waals surface area contributed by atoms with E-state index in [4.69, 9.17) is 6.42 Å². The van der Waals surface area contributed by atoms with E-state index in [1.54, 1.807) is 24.3 Å². The first-order valence-corrected chi connectivity index (χ1v) is 10.0. The van der Waals surface area contributed by atoms with Gasteiger partial charge in [-0.25, -0.2) is 4.79 Å².